The van der Waals surface area contributed by atoms with Crippen molar-refractivity contribution in [3.8, 4) is 5.75 Å². The molecule has 3 aromatic carbocycles. The third-order valence-electron chi connectivity index (χ3n) is 9.32. The molecule has 0 aromatic heterocycles. The maximum Gasteiger partial charge on any atom is 0.455 e. The van der Waals surface area contributed by atoms with Crippen LogP contribution in [0.1, 0.15) is 41.5 Å². The van der Waals surface area contributed by atoms with Gasteiger partial charge in [0.2, 0.25) is 11.8 Å². The quantitative estimate of drug-likeness (QED) is 0.145. The predicted molar refractivity (Wildman–Crippen MR) is 172 cm³/mol. The van der Waals surface area contributed by atoms with Gasteiger partial charge in [-0.1, -0.05) is 54.6 Å². The number of methoxy groups -OCH3 is 1. The van der Waals surface area contributed by atoms with Gasteiger partial charge in [-0.25, -0.2) is 0 Å². The highest BCUT2D eigenvalue weighted by Crippen LogP contribution is 2.51. The smallest absolute Gasteiger partial charge is 0.455 e. The van der Waals surface area contributed by atoms with E-state index >= 15 is 0 Å². The van der Waals surface area contributed by atoms with Crippen LogP contribution >= 0.6 is 0 Å². The predicted octanol–water partition coefficient (Wildman–Crippen LogP) is 5.98. The first-order chi connectivity index (χ1) is 21.3. The molecule has 0 unspecified atom stereocenters. The monoisotopic (exact) mass is 591 g/mol. The average molecular weight is 592 g/mol. The van der Waals surface area contributed by atoms with Gasteiger partial charge in [0, 0.05) is 7.11 Å². The van der Waals surface area contributed by atoms with Crippen LogP contribution in [0.4, 0.5) is 5.69 Å². The summed E-state index contributed by atoms with van der Waals surface area (Å²) in [5.41, 5.74) is 7.37. The van der Waals surface area contributed by atoms with Gasteiger partial charge in [0.1, 0.15) is 5.75 Å². The Morgan fingerprint density at radius 2 is 1.66 bits per heavy atom. The number of carbonyl (C=O) groups is 2. The number of hydrogen-bond donors (Lipinski definition) is 2. The van der Waals surface area contributed by atoms with E-state index in [-0.39, 0.29) is 24.1 Å². The Balaban J connectivity index is 1.34. The molecule has 2 heterocycles. The topological polar surface area (TPSA) is 96.3 Å². The molecule has 0 bridgehead atoms. The van der Waals surface area contributed by atoms with E-state index in [1.165, 1.54) is 4.90 Å². The van der Waals surface area contributed by atoms with Gasteiger partial charge >= 0.3 is 7.12 Å². The van der Waals surface area contributed by atoms with Crippen molar-refractivity contribution in [3.05, 3.63) is 106 Å². The van der Waals surface area contributed by atoms with E-state index in [1.54, 1.807) is 19.2 Å². The van der Waals surface area contributed by atoms with Gasteiger partial charge in [-0.2, -0.15) is 0 Å². The maximum atomic E-state index is 13.9. The highest BCUT2D eigenvalue weighted by Gasteiger charge is 2.57. The lowest BCUT2D eigenvalue weighted by atomic mass is 9.58. The van der Waals surface area contributed by atoms with Gasteiger partial charge in [0.25, 0.3) is 0 Å². The number of para-hydroxylation sites is 1. The molecule has 2 fully saturated rings. The molecule has 3 aromatic rings. The molecule has 2 amide bonds. The number of fused-ring (bicyclic) bond motifs is 3. The van der Waals surface area contributed by atoms with E-state index in [4.69, 9.17) is 9.39 Å². The van der Waals surface area contributed by atoms with Crippen LogP contribution in [-0.2, 0) is 19.0 Å². The number of amides is 2. The summed E-state index contributed by atoms with van der Waals surface area (Å²) in [6.45, 7) is 4.13. The number of phenolic OH excluding ortho intramolecular Hbond substituents is 1. The third-order valence-corrected chi connectivity index (χ3v) is 9.32. The van der Waals surface area contributed by atoms with Crippen molar-refractivity contribution in [2.75, 3.05) is 18.6 Å². The first kappa shape index (κ1) is 30.1. The zero-order chi connectivity index (χ0) is 31.0. The normalized spacial score (nSPS) is 23.7. The molecule has 2 saturated heterocycles. The molecule has 6 rings (SSSR count). The number of rotatable bonds is 8. The lowest BCUT2D eigenvalue weighted by molar-refractivity contribution is -0.122. The summed E-state index contributed by atoms with van der Waals surface area (Å²) in [5, 5.41) is 21.3. The summed E-state index contributed by atoms with van der Waals surface area (Å²) in [7, 11) is 0.592. The molecule has 3 aliphatic rings. The molecule has 0 saturated carbocycles. The standard InChI is InChI=1S/C36H38BNO6/c1-22-16-24(17-23(2)34(22)39)18-26(25-10-6-4-7-11-25)14-15-31-32-27(21-43-3)19-29-33(30(32)20-37(42)44-31)36(41)38(35(29)40)28-12-8-5-9-13-28/h4-13,16-18,29-31,33,39,42H,14-15,19-21H2,1-3H3/b26-18-/t29-,30+,31-,33-/m1/s1. The van der Waals surface area contributed by atoms with Crippen molar-refractivity contribution in [2.45, 2.75) is 45.5 Å². The van der Waals surface area contributed by atoms with Crippen LogP contribution in [0.3, 0.4) is 0 Å². The summed E-state index contributed by atoms with van der Waals surface area (Å²) in [5.74, 6) is -1.45. The fraction of sp³-hybridized carbons (Fsp3) is 0.333. The second-order valence-electron chi connectivity index (χ2n) is 12.2. The van der Waals surface area contributed by atoms with Gasteiger partial charge in [-0.05, 0) is 109 Å². The van der Waals surface area contributed by atoms with Crippen molar-refractivity contribution < 1.29 is 29.1 Å². The van der Waals surface area contributed by atoms with E-state index < -0.39 is 25.1 Å². The van der Waals surface area contributed by atoms with Gasteiger partial charge in [0.05, 0.1) is 30.2 Å². The number of hydrogen-bond acceptors (Lipinski definition) is 6. The van der Waals surface area contributed by atoms with Crippen molar-refractivity contribution in [2.24, 2.45) is 17.8 Å². The number of imide groups is 1. The highest BCUT2D eigenvalue weighted by molar-refractivity contribution is 6.43. The Labute approximate surface area is 259 Å². The molecule has 0 radical (unpaired) electrons. The summed E-state index contributed by atoms with van der Waals surface area (Å²) in [6.07, 6.45) is 3.63. The zero-order valence-electron chi connectivity index (χ0n) is 25.4. The van der Waals surface area contributed by atoms with E-state index in [1.807, 2.05) is 62.4 Å². The first-order valence-electron chi connectivity index (χ1n) is 15.3. The maximum absolute atomic E-state index is 13.9. The van der Waals surface area contributed by atoms with Crippen molar-refractivity contribution >= 4 is 36.3 Å². The molecular weight excluding hydrogens is 553 g/mol. The van der Waals surface area contributed by atoms with Crippen LogP contribution in [0.15, 0.2) is 83.9 Å². The van der Waals surface area contributed by atoms with E-state index in [0.717, 1.165) is 39.0 Å². The zero-order valence-corrected chi connectivity index (χ0v) is 25.4. The van der Waals surface area contributed by atoms with Gasteiger partial charge in [-0.15, -0.1) is 0 Å². The number of ether oxygens (including phenoxy) is 1. The molecule has 2 aliphatic heterocycles. The molecule has 2 N–H and O–H groups in total. The van der Waals surface area contributed by atoms with Gasteiger partial charge in [0.15, 0.2) is 0 Å². The SMILES string of the molecule is COCC1=C2[C@@H](CC/C(=C/c3cc(C)c(O)c(C)c3)c3ccccc3)OB(O)C[C@@H]2[C@@H]2C(=O)N(c3ccccc3)C(=O)[C@@H]2C1. The number of benzene rings is 3. The Bertz CT molecular complexity index is 1600. The fourth-order valence-electron chi connectivity index (χ4n) is 7.41. The molecule has 44 heavy (non-hydrogen) atoms. The molecule has 4 atom stereocenters. The Morgan fingerprint density at radius 3 is 2.32 bits per heavy atom. The van der Waals surface area contributed by atoms with Crippen LogP contribution in [-0.4, -0.2) is 48.9 Å². The van der Waals surface area contributed by atoms with Crippen LogP contribution in [0.25, 0.3) is 11.6 Å². The number of anilines is 1. The number of allylic oxidation sites excluding steroid dienone is 1. The van der Waals surface area contributed by atoms with Gasteiger partial charge < -0.3 is 19.5 Å². The second-order valence-corrected chi connectivity index (χ2v) is 12.2. The summed E-state index contributed by atoms with van der Waals surface area (Å²) < 4.78 is 11.8. The molecular formula is C36H38BNO6. The third kappa shape index (κ3) is 5.65. The Kier molecular flexibility index (Phi) is 8.58. The minimum absolute atomic E-state index is 0.190. The van der Waals surface area contributed by atoms with E-state index in [0.29, 0.717) is 37.3 Å². The van der Waals surface area contributed by atoms with Crippen LogP contribution < -0.4 is 4.90 Å². The van der Waals surface area contributed by atoms with Gasteiger partial charge in [-0.3, -0.25) is 14.5 Å². The largest absolute Gasteiger partial charge is 0.507 e. The number of phenols is 1. The van der Waals surface area contributed by atoms with E-state index in [9.17, 15) is 19.7 Å². The van der Waals surface area contributed by atoms with Crippen molar-refractivity contribution in [1.29, 1.82) is 0 Å². The minimum atomic E-state index is -1.04. The minimum Gasteiger partial charge on any atom is -0.507 e. The lowest BCUT2D eigenvalue weighted by Crippen LogP contribution is -2.46. The molecule has 0 spiro atoms. The van der Waals surface area contributed by atoms with Crippen LogP contribution in [0.2, 0.25) is 6.32 Å². The second kappa shape index (κ2) is 12.6. The Morgan fingerprint density at radius 1 is 1.00 bits per heavy atom. The molecule has 8 heteroatoms. The van der Waals surface area contributed by atoms with Crippen LogP contribution in [0, 0.1) is 31.6 Å². The van der Waals surface area contributed by atoms with Crippen molar-refractivity contribution in [1.82, 2.24) is 0 Å². The number of aryl methyl sites for hydroxylation is 2. The molecule has 1 aliphatic carbocycles. The first-order valence-corrected chi connectivity index (χ1v) is 15.3. The Hall–Kier alpha value is -3.98. The molecule has 7 nitrogen and oxygen atoms in total. The summed E-state index contributed by atoms with van der Waals surface area (Å²) >= 11 is 0. The van der Waals surface area contributed by atoms with Crippen molar-refractivity contribution in [3.63, 3.8) is 0 Å². The van der Waals surface area contributed by atoms with E-state index in [2.05, 4.69) is 18.2 Å². The molecule has 226 valence electrons. The number of aromatic hydroxyl groups is 1. The lowest BCUT2D eigenvalue weighted by Gasteiger charge is -2.43. The summed E-state index contributed by atoms with van der Waals surface area (Å²) in [4.78, 5) is 28.9. The summed E-state index contributed by atoms with van der Waals surface area (Å²) in [6, 6.07) is 23.2. The highest BCUT2D eigenvalue weighted by atomic mass is 16.5. The number of nitrogens with zero attached hydrogens (tertiary/aromatic N) is 1. The number of carbonyl (C=O) groups excluding carboxylic acids is 2. The average Bonchev–Trinajstić information content (AvgIpc) is 3.27. The fourth-order valence-corrected chi connectivity index (χ4v) is 7.41. The van der Waals surface area contributed by atoms with Crippen LogP contribution in [0.5, 0.6) is 5.75 Å².